The first kappa shape index (κ1) is 15.1. The molecular weight excluding hydrogens is 330 g/mol. The van der Waals surface area contributed by atoms with Gasteiger partial charge in [-0.1, -0.05) is 23.7 Å². The van der Waals surface area contributed by atoms with Gasteiger partial charge in [0.1, 0.15) is 10.7 Å². The highest BCUT2D eigenvalue weighted by molar-refractivity contribution is 7.13. The lowest BCUT2D eigenvalue weighted by atomic mass is 10.1. The Hall–Kier alpha value is -1.43. The molecule has 2 aliphatic heterocycles. The highest BCUT2D eigenvalue weighted by atomic mass is 35.5. The molecule has 2 unspecified atom stereocenters. The SMILES string of the molecule is O=C(c1csc(-c2ccc(Cl)cc2)n1)N1CCC2CCC(C1)N2. The van der Waals surface area contributed by atoms with Crippen LogP contribution in [0.15, 0.2) is 29.6 Å². The minimum Gasteiger partial charge on any atom is -0.336 e. The molecule has 0 aliphatic carbocycles. The van der Waals surface area contributed by atoms with E-state index in [-0.39, 0.29) is 5.91 Å². The third kappa shape index (κ3) is 3.13. The molecule has 2 fully saturated rings. The highest BCUT2D eigenvalue weighted by Gasteiger charge is 2.32. The third-order valence-corrected chi connectivity index (χ3v) is 5.77. The number of nitrogens with zero attached hydrogens (tertiary/aromatic N) is 2. The molecule has 0 radical (unpaired) electrons. The molecule has 0 spiro atoms. The van der Waals surface area contributed by atoms with E-state index in [0.29, 0.717) is 22.8 Å². The first-order valence-electron chi connectivity index (χ1n) is 7.96. The molecule has 120 valence electrons. The first-order valence-corrected chi connectivity index (χ1v) is 9.21. The molecule has 1 aromatic carbocycles. The van der Waals surface area contributed by atoms with Gasteiger partial charge < -0.3 is 10.2 Å². The molecule has 2 atom stereocenters. The number of likely N-dealkylation sites (tertiary alicyclic amines) is 1. The summed E-state index contributed by atoms with van der Waals surface area (Å²) in [4.78, 5) is 19.2. The lowest BCUT2D eigenvalue weighted by Gasteiger charge is -2.23. The summed E-state index contributed by atoms with van der Waals surface area (Å²) in [5.41, 5.74) is 1.55. The van der Waals surface area contributed by atoms with Crippen LogP contribution < -0.4 is 5.32 Å². The van der Waals surface area contributed by atoms with Crippen molar-refractivity contribution in [3.63, 3.8) is 0 Å². The van der Waals surface area contributed by atoms with Crippen LogP contribution in [0.2, 0.25) is 5.02 Å². The smallest absolute Gasteiger partial charge is 0.273 e. The number of halogens is 1. The van der Waals surface area contributed by atoms with E-state index in [1.54, 1.807) is 0 Å². The van der Waals surface area contributed by atoms with Gasteiger partial charge in [0.05, 0.1) is 0 Å². The minimum absolute atomic E-state index is 0.0517. The lowest BCUT2D eigenvalue weighted by Crippen LogP contribution is -2.39. The zero-order chi connectivity index (χ0) is 15.8. The molecule has 3 heterocycles. The average molecular weight is 348 g/mol. The fraction of sp³-hybridized carbons (Fsp3) is 0.412. The summed E-state index contributed by atoms with van der Waals surface area (Å²) >= 11 is 7.42. The van der Waals surface area contributed by atoms with E-state index in [0.717, 1.165) is 30.1 Å². The fourth-order valence-corrected chi connectivity index (χ4v) is 4.31. The van der Waals surface area contributed by atoms with Crippen molar-refractivity contribution in [1.29, 1.82) is 0 Å². The van der Waals surface area contributed by atoms with E-state index in [4.69, 9.17) is 11.6 Å². The van der Waals surface area contributed by atoms with Crippen molar-refractivity contribution in [2.24, 2.45) is 0 Å². The van der Waals surface area contributed by atoms with Gasteiger partial charge in [0, 0.05) is 41.1 Å². The van der Waals surface area contributed by atoms with Crippen molar-refractivity contribution >= 4 is 28.8 Å². The maximum atomic E-state index is 12.7. The van der Waals surface area contributed by atoms with E-state index in [9.17, 15) is 4.79 Å². The number of thiazole rings is 1. The van der Waals surface area contributed by atoms with Crippen LogP contribution in [0, 0.1) is 0 Å². The Morgan fingerprint density at radius 1 is 1.22 bits per heavy atom. The van der Waals surface area contributed by atoms with Crippen molar-refractivity contribution < 1.29 is 4.79 Å². The lowest BCUT2D eigenvalue weighted by molar-refractivity contribution is 0.0743. The predicted molar refractivity (Wildman–Crippen MR) is 93.0 cm³/mol. The van der Waals surface area contributed by atoms with E-state index in [1.807, 2.05) is 34.5 Å². The molecule has 1 N–H and O–H groups in total. The second kappa shape index (κ2) is 6.23. The molecule has 2 aliphatic rings. The zero-order valence-electron chi connectivity index (χ0n) is 12.7. The molecule has 2 bridgehead atoms. The van der Waals surface area contributed by atoms with Gasteiger partial charge in [-0.05, 0) is 31.4 Å². The standard InChI is InChI=1S/C17H18ClN3OS/c18-12-3-1-11(2-4-12)16-20-15(10-23-16)17(22)21-8-7-13-5-6-14(9-21)19-13/h1-4,10,13-14,19H,5-9H2. The topological polar surface area (TPSA) is 45.2 Å². The van der Waals surface area contributed by atoms with Gasteiger partial charge in [0.15, 0.2) is 0 Å². The summed E-state index contributed by atoms with van der Waals surface area (Å²) < 4.78 is 0. The number of rotatable bonds is 2. The number of nitrogens with one attached hydrogen (secondary N) is 1. The Labute approximate surface area is 144 Å². The molecule has 4 nitrogen and oxygen atoms in total. The largest absolute Gasteiger partial charge is 0.336 e. The number of carbonyl (C=O) groups excluding carboxylic acids is 1. The number of amides is 1. The van der Waals surface area contributed by atoms with Crippen LogP contribution in [0.1, 0.15) is 29.8 Å². The molecule has 2 saturated heterocycles. The van der Waals surface area contributed by atoms with Gasteiger partial charge in [0.2, 0.25) is 0 Å². The molecule has 4 rings (SSSR count). The maximum absolute atomic E-state index is 12.7. The summed E-state index contributed by atoms with van der Waals surface area (Å²) in [6.07, 6.45) is 3.45. The van der Waals surface area contributed by atoms with Gasteiger partial charge in [-0.2, -0.15) is 0 Å². The van der Waals surface area contributed by atoms with Crippen LogP contribution in [0.4, 0.5) is 0 Å². The number of hydrogen-bond acceptors (Lipinski definition) is 4. The Morgan fingerprint density at radius 3 is 2.83 bits per heavy atom. The van der Waals surface area contributed by atoms with Crippen molar-refractivity contribution in [2.45, 2.75) is 31.3 Å². The highest BCUT2D eigenvalue weighted by Crippen LogP contribution is 2.27. The molecule has 2 aromatic rings. The normalized spacial score (nSPS) is 23.8. The van der Waals surface area contributed by atoms with Crippen LogP contribution in [0.5, 0.6) is 0 Å². The second-order valence-corrected chi connectivity index (χ2v) is 7.52. The number of aromatic nitrogens is 1. The Kier molecular flexibility index (Phi) is 4.09. The van der Waals surface area contributed by atoms with E-state index in [1.165, 1.54) is 24.2 Å². The molecule has 1 aromatic heterocycles. The Morgan fingerprint density at radius 2 is 2.00 bits per heavy atom. The zero-order valence-corrected chi connectivity index (χ0v) is 14.2. The first-order chi connectivity index (χ1) is 11.2. The van der Waals surface area contributed by atoms with Crippen LogP contribution in [0.25, 0.3) is 10.6 Å². The van der Waals surface area contributed by atoms with Crippen LogP contribution in [-0.4, -0.2) is 41.0 Å². The maximum Gasteiger partial charge on any atom is 0.273 e. The Balaban J connectivity index is 1.51. The van der Waals surface area contributed by atoms with Crippen molar-refractivity contribution in [3.8, 4) is 10.6 Å². The summed E-state index contributed by atoms with van der Waals surface area (Å²) in [7, 11) is 0. The fourth-order valence-electron chi connectivity index (χ4n) is 3.39. The molecule has 6 heteroatoms. The van der Waals surface area contributed by atoms with Crippen molar-refractivity contribution in [2.75, 3.05) is 13.1 Å². The van der Waals surface area contributed by atoms with Gasteiger partial charge in [-0.15, -0.1) is 11.3 Å². The molecule has 1 amide bonds. The molecule has 23 heavy (non-hydrogen) atoms. The number of benzene rings is 1. The van der Waals surface area contributed by atoms with Gasteiger partial charge in [0.25, 0.3) is 5.91 Å². The molecule has 0 saturated carbocycles. The minimum atomic E-state index is 0.0517. The predicted octanol–water partition coefficient (Wildman–Crippen LogP) is 3.43. The van der Waals surface area contributed by atoms with Crippen LogP contribution >= 0.6 is 22.9 Å². The number of hydrogen-bond donors (Lipinski definition) is 1. The summed E-state index contributed by atoms with van der Waals surface area (Å²) in [6, 6.07) is 8.58. The summed E-state index contributed by atoms with van der Waals surface area (Å²) in [6.45, 7) is 1.62. The summed E-state index contributed by atoms with van der Waals surface area (Å²) in [5, 5.41) is 7.03. The van der Waals surface area contributed by atoms with E-state index < -0.39 is 0 Å². The van der Waals surface area contributed by atoms with Crippen molar-refractivity contribution in [3.05, 3.63) is 40.4 Å². The van der Waals surface area contributed by atoms with E-state index >= 15 is 0 Å². The van der Waals surface area contributed by atoms with E-state index in [2.05, 4.69) is 10.3 Å². The van der Waals surface area contributed by atoms with Gasteiger partial charge >= 0.3 is 0 Å². The average Bonchev–Trinajstić information content (AvgIpc) is 3.14. The van der Waals surface area contributed by atoms with Crippen LogP contribution in [0.3, 0.4) is 0 Å². The monoisotopic (exact) mass is 347 g/mol. The third-order valence-electron chi connectivity index (χ3n) is 4.62. The van der Waals surface area contributed by atoms with Crippen molar-refractivity contribution in [1.82, 2.24) is 15.2 Å². The number of fused-ring (bicyclic) bond motifs is 2. The Bertz CT molecular complexity index is 715. The quantitative estimate of drug-likeness (QED) is 0.905. The molecular formula is C17H18ClN3OS. The summed E-state index contributed by atoms with van der Waals surface area (Å²) in [5.74, 6) is 0.0517. The second-order valence-electron chi connectivity index (χ2n) is 6.22. The number of carbonyl (C=O) groups is 1. The van der Waals surface area contributed by atoms with Gasteiger partial charge in [-0.25, -0.2) is 4.98 Å². The van der Waals surface area contributed by atoms with Gasteiger partial charge in [-0.3, -0.25) is 4.79 Å². The van der Waals surface area contributed by atoms with Crippen LogP contribution in [-0.2, 0) is 0 Å².